The predicted octanol–water partition coefficient (Wildman–Crippen LogP) is 10.8. The molecule has 1 N–H and O–H groups in total. The van der Waals surface area contributed by atoms with Gasteiger partial charge in [0, 0.05) is 52.8 Å². The fourth-order valence-corrected chi connectivity index (χ4v) is 6.26. The average molecular weight is 900 g/mol. The number of hydrogen-bond acceptors (Lipinski definition) is 13. The first-order valence-electron chi connectivity index (χ1n) is 20.5. The number of aromatic nitrogens is 3. The number of carboxylic acid groups (broad SMARTS) is 1. The van der Waals surface area contributed by atoms with Crippen LogP contribution in [0.25, 0.3) is 0 Å². The van der Waals surface area contributed by atoms with E-state index in [1.54, 1.807) is 79.3 Å². The maximum Gasteiger partial charge on any atom is 0.387 e. The number of nitrogens with zero attached hydrogens (tertiary/aromatic N) is 5. The summed E-state index contributed by atoms with van der Waals surface area (Å²) in [6.07, 6.45) is 11.2. The lowest BCUT2D eigenvalue weighted by Crippen LogP contribution is -2.24. The molecule has 8 rings (SSSR count). The Bertz CT molecular complexity index is 2500. The summed E-state index contributed by atoms with van der Waals surface area (Å²) in [4.78, 5) is 39.5. The number of oxazole rings is 1. The van der Waals surface area contributed by atoms with Crippen molar-refractivity contribution in [2.75, 3.05) is 9.80 Å². The molecule has 65 heavy (non-hydrogen) atoms. The maximum atomic E-state index is 12.9. The molecule has 14 nitrogen and oxygen atoms in total. The summed E-state index contributed by atoms with van der Waals surface area (Å²) in [5.74, 6) is -0.460. The smallest absolute Gasteiger partial charge is 0.387 e. The molecule has 0 unspecified atom stereocenters. The minimum Gasteiger partial charge on any atom is -0.486 e. The summed E-state index contributed by atoms with van der Waals surface area (Å²) < 4.78 is 83.1. The monoisotopic (exact) mass is 899 g/mol. The van der Waals surface area contributed by atoms with Crippen LogP contribution in [0.2, 0.25) is 0 Å². The number of carboxylic acids is 1. The molecule has 2 aromatic heterocycles. The molecule has 18 heteroatoms. The highest BCUT2D eigenvalue weighted by Gasteiger charge is 2.28. The molecule has 2 saturated carbocycles. The third-order valence-corrected chi connectivity index (χ3v) is 9.54. The van der Waals surface area contributed by atoms with Gasteiger partial charge in [-0.15, -0.1) is 0 Å². The number of aromatic carboxylic acids is 1. The van der Waals surface area contributed by atoms with Crippen molar-refractivity contribution in [3.05, 3.63) is 139 Å². The standard InChI is InChI=1S/C26H27F2N3O4.C21H18F2N2O5/c1-26(2,3)35-24(32)18-4-6-19(7-5-18)31(15-17-13-29-16-30-14-17)20-8-11-22(34-25(27)28)23(12-20)33-21-9-10-21;22-21(23)30-18-8-5-15(9-19(18)29-16-6-7-16)25(11-17-10-24-12-28-17)14-3-1-13(2-4-14)20(26)27/h4-8,11-14,16,21,25H,9-10,15H2,1-3H3;1-5,8-10,12,16,21H,6-7,11H2,(H,26,27). The van der Waals surface area contributed by atoms with E-state index in [-0.39, 0.29) is 47.3 Å². The van der Waals surface area contributed by atoms with E-state index in [9.17, 15) is 27.2 Å². The number of halogens is 4. The van der Waals surface area contributed by atoms with Gasteiger partial charge in [-0.1, -0.05) is 0 Å². The first-order valence-corrected chi connectivity index (χ1v) is 20.5. The fourth-order valence-electron chi connectivity index (χ4n) is 6.26. The van der Waals surface area contributed by atoms with Crippen LogP contribution in [-0.2, 0) is 17.8 Å². The van der Waals surface area contributed by atoms with Crippen LogP contribution in [-0.4, -0.2) is 63.0 Å². The van der Waals surface area contributed by atoms with E-state index in [4.69, 9.17) is 23.7 Å². The summed E-state index contributed by atoms with van der Waals surface area (Å²) in [7, 11) is 0. The normalized spacial score (nSPS) is 13.4. The highest BCUT2D eigenvalue weighted by Crippen LogP contribution is 2.41. The molecule has 2 aliphatic carbocycles. The van der Waals surface area contributed by atoms with Gasteiger partial charge >= 0.3 is 25.2 Å². The highest BCUT2D eigenvalue weighted by molar-refractivity contribution is 5.90. The van der Waals surface area contributed by atoms with Crippen LogP contribution in [0.1, 0.15) is 78.5 Å². The summed E-state index contributed by atoms with van der Waals surface area (Å²) in [5, 5.41) is 9.14. The van der Waals surface area contributed by atoms with Gasteiger partial charge in [-0.3, -0.25) is 0 Å². The van der Waals surface area contributed by atoms with Crippen molar-refractivity contribution in [2.24, 2.45) is 0 Å². The van der Waals surface area contributed by atoms with Crippen molar-refractivity contribution in [3.63, 3.8) is 0 Å². The number of anilines is 4. The Kier molecular flexibility index (Phi) is 14.3. The lowest BCUT2D eigenvalue weighted by Gasteiger charge is -2.26. The molecule has 4 aromatic carbocycles. The summed E-state index contributed by atoms with van der Waals surface area (Å²) in [6, 6.07) is 22.8. The second-order valence-electron chi connectivity index (χ2n) is 15.9. The van der Waals surface area contributed by atoms with E-state index in [0.717, 1.165) is 36.9 Å². The van der Waals surface area contributed by atoms with Crippen LogP contribution in [0, 0.1) is 0 Å². The number of esters is 1. The number of carbonyl (C=O) groups excluding carboxylic acids is 1. The summed E-state index contributed by atoms with van der Waals surface area (Å²) in [5.41, 5.74) is 3.57. The molecule has 0 atom stereocenters. The molecule has 0 saturated heterocycles. The van der Waals surface area contributed by atoms with Crippen LogP contribution in [0.3, 0.4) is 0 Å². The number of benzene rings is 4. The number of rotatable bonds is 18. The van der Waals surface area contributed by atoms with Crippen LogP contribution in [0.15, 0.2) is 121 Å². The summed E-state index contributed by atoms with van der Waals surface area (Å²) in [6.45, 7) is 0.185. The molecular formula is C47H45F4N5O9. The van der Waals surface area contributed by atoms with Crippen LogP contribution >= 0.6 is 0 Å². The SMILES string of the molecule is CC(C)(C)OC(=O)c1ccc(N(Cc2cncnc2)c2ccc(OC(F)F)c(OC3CC3)c2)cc1.O=C(O)c1ccc(N(Cc2cnco2)c2ccc(OC(F)F)c(OC3CC3)c2)cc1. The highest BCUT2D eigenvalue weighted by atomic mass is 19.3. The van der Waals surface area contributed by atoms with Crippen molar-refractivity contribution in [1.82, 2.24) is 15.0 Å². The minimum atomic E-state index is -2.97. The van der Waals surface area contributed by atoms with E-state index < -0.39 is 30.8 Å². The van der Waals surface area contributed by atoms with E-state index in [1.165, 1.54) is 37.0 Å². The molecule has 0 radical (unpaired) electrons. The molecule has 0 amide bonds. The average Bonchev–Trinajstić information content (AvgIpc) is 4.22. The maximum absolute atomic E-state index is 12.9. The Balaban J connectivity index is 0.000000196. The van der Waals surface area contributed by atoms with Gasteiger partial charge in [0.1, 0.15) is 17.7 Å². The van der Waals surface area contributed by atoms with Gasteiger partial charge < -0.3 is 43.0 Å². The summed E-state index contributed by atoms with van der Waals surface area (Å²) >= 11 is 0. The van der Waals surface area contributed by atoms with Gasteiger partial charge in [0.05, 0.1) is 42.6 Å². The molecular weight excluding hydrogens is 855 g/mol. The number of alkyl halides is 4. The van der Waals surface area contributed by atoms with Crippen molar-refractivity contribution in [2.45, 2.75) is 90.6 Å². The van der Waals surface area contributed by atoms with E-state index in [1.807, 2.05) is 30.6 Å². The van der Waals surface area contributed by atoms with E-state index in [2.05, 4.69) is 24.4 Å². The van der Waals surface area contributed by atoms with Crippen molar-refractivity contribution in [1.29, 1.82) is 0 Å². The van der Waals surface area contributed by atoms with Crippen molar-refractivity contribution in [3.8, 4) is 23.0 Å². The molecule has 0 bridgehead atoms. The second kappa shape index (κ2) is 20.4. The minimum absolute atomic E-state index is 0.00522. The van der Waals surface area contributed by atoms with Gasteiger partial charge in [-0.25, -0.2) is 24.5 Å². The molecule has 0 aliphatic heterocycles. The van der Waals surface area contributed by atoms with Gasteiger partial charge in [0.25, 0.3) is 0 Å². The van der Waals surface area contributed by atoms with E-state index >= 15 is 0 Å². The predicted molar refractivity (Wildman–Crippen MR) is 229 cm³/mol. The lowest BCUT2D eigenvalue weighted by molar-refractivity contribution is -0.0522. The molecule has 6 aromatic rings. The van der Waals surface area contributed by atoms with Gasteiger partial charge in [-0.2, -0.15) is 17.6 Å². The largest absolute Gasteiger partial charge is 0.486 e. The lowest BCUT2D eigenvalue weighted by atomic mass is 10.1. The van der Waals surface area contributed by atoms with Crippen molar-refractivity contribution < 1.29 is 60.4 Å². The third kappa shape index (κ3) is 13.3. The van der Waals surface area contributed by atoms with Crippen molar-refractivity contribution >= 4 is 34.7 Å². The Morgan fingerprint density at radius 3 is 1.57 bits per heavy atom. The Morgan fingerprint density at radius 1 is 0.662 bits per heavy atom. The molecule has 2 fully saturated rings. The Labute approximate surface area is 371 Å². The van der Waals surface area contributed by atoms with Gasteiger partial charge in [0.2, 0.25) is 0 Å². The number of carbonyl (C=O) groups is 2. The molecule has 340 valence electrons. The van der Waals surface area contributed by atoms with Gasteiger partial charge in [-0.05, 0) is 119 Å². The van der Waals surface area contributed by atoms with Crippen LogP contribution in [0.5, 0.6) is 23.0 Å². The number of hydrogen-bond donors (Lipinski definition) is 1. The zero-order valence-electron chi connectivity index (χ0n) is 35.5. The topological polar surface area (TPSA) is 159 Å². The third-order valence-electron chi connectivity index (χ3n) is 9.54. The zero-order valence-corrected chi connectivity index (χ0v) is 35.5. The zero-order chi connectivity index (χ0) is 46.1. The van der Waals surface area contributed by atoms with Gasteiger partial charge in [0.15, 0.2) is 29.4 Å². The Hall–Kier alpha value is -7.37. The molecule has 2 aliphatic rings. The van der Waals surface area contributed by atoms with Crippen LogP contribution in [0.4, 0.5) is 40.3 Å². The quantitative estimate of drug-likeness (QED) is 0.0641. The first-order chi connectivity index (χ1) is 31.2. The number of ether oxygens (including phenoxy) is 5. The molecule has 0 spiro atoms. The van der Waals surface area contributed by atoms with Crippen LogP contribution < -0.4 is 28.7 Å². The Morgan fingerprint density at radius 2 is 1.14 bits per heavy atom. The van der Waals surface area contributed by atoms with E-state index in [0.29, 0.717) is 34.9 Å². The molecule has 2 heterocycles. The second-order valence-corrected chi connectivity index (χ2v) is 15.9. The fraction of sp³-hybridized carbons (Fsp3) is 0.298. The first kappa shape index (κ1) is 45.6.